The Balaban J connectivity index is 0.00000182. The first-order valence-electron chi connectivity index (χ1n) is 8.68. The summed E-state index contributed by atoms with van der Waals surface area (Å²) in [4.78, 5) is 20.3. The van der Waals surface area contributed by atoms with Gasteiger partial charge >= 0.3 is 5.76 Å². The average molecular weight is 367 g/mol. The first-order chi connectivity index (χ1) is 11.8. The van der Waals surface area contributed by atoms with Gasteiger partial charge in [-0.3, -0.25) is 9.51 Å². The maximum absolute atomic E-state index is 11.0. The summed E-state index contributed by atoms with van der Waals surface area (Å²) in [5, 5.41) is 3.62. The molecule has 3 heterocycles. The predicted molar refractivity (Wildman–Crippen MR) is 95.0 cm³/mol. The van der Waals surface area contributed by atoms with E-state index in [1.807, 2.05) is 6.07 Å². The highest BCUT2D eigenvalue weighted by atomic mass is 35.5. The van der Waals surface area contributed by atoms with Crippen molar-refractivity contribution < 1.29 is 9.26 Å². The molecule has 1 N–H and O–H groups in total. The van der Waals surface area contributed by atoms with Gasteiger partial charge in [0.1, 0.15) is 17.5 Å². The highest BCUT2D eigenvalue weighted by Crippen LogP contribution is 2.28. The Morgan fingerprint density at radius 1 is 1.24 bits per heavy atom. The van der Waals surface area contributed by atoms with Crippen LogP contribution in [-0.2, 0) is 0 Å². The standard InChI is InChI=1S/C17H22N4O3.ClH/c22-17-19-16(20-24-17)15-5-4-14(10-18-15)23-13-6-8-21(9-7-13)11-12-2-1-3-12;/h4-5,10,12-13H,1-3,6-9,11H2,(H,19,20,22);1H. The second-order valence-corrected chi connectivity index (χ2v) is 6.74. The molecule has 2 aliphatic rings. The van der Waals surface area contributed by atoms with Gasteiger partial charge in [0.2, 0.25) is 5.82 Å². The number of halogens is 1. The van der Waals surface area contributed by atoms with Crippen molar-refractivity contribution in [3.63, 3.8) is 0 Å². The van der Waals surface area contributed by atoms with Gasteiger partial charge in [-0.05, 0) is 43.7 Å². The Bertz CT molecular complexity index is 718. The Hall–Kier alpha value is -1.86. The van der Waals surface area contributed by atoms with Gasteiger partial charge in [0.15, 0.2) is 0 Å². The fourth-order valence-electron chi connectivity index (χ4n) is 3.37. The van der Waals surface area contributed by atoms with Crippen molar-refractivity contribution >= 4 is 12.4 Å². The monoisotopic (exact) mass is 366 g/mol. The number of nitrogens with one attached hydrogen (secondary N) is 1. The maximum atomic E-state index is 11.0. The molecule has 0 atom stereocenters. The van der Waals surface area contributed by atoms with Crippen molar-refractivity contribution in [2.45, 2.75) is 38.2 Å². The van der Waals surface area contributed by atoms with E-state index in [2.05, 4.69) is 24.5 Å². The van der Waals surface area contributed by atoms with Gasteiger partial charge in [-0.1, -0.05) is 11.6 Å². The number of H-pyrrole nitrogens is 1. The lowest BCUT2D eigenvalue weighted by atomic mass is 9.85. The first kappa shape index (κ1) is 17.9. The van der Waals surface area contributed by atoms with Crippen LogP contribution in [0.25, 0.3) is 11.5 Å². The lowest BCUT2D eigenvalue weighted by Crippen LogP contribution is -2.41. The molecule has 1 saturated carbocycles. The van der Waals surface area contributed by atoms with E-state index in [9.17, 15) is 4.79 Å². The van der Waals surface area contributed by atoms with Crippen molar-refractivity contribution in [1.29, 1.82) is 0 Å². The van der Waals surface area contributed by atoms with E-state index in [0.717, 1.165) is 37.6 Å². The van der Waals surface area contributed by atoms with Crippen LogP contribution in [0.4, 0.5) is 0 Å². The van der Waals surface area contributed by atoms with Gasteiger partial charge in [0.25, 0.3) is 0 Å². The number of pyridine rings is 1. The fourth-order valence-corrected chi connectivity index (χ4v) is 3.37. The lowest BCUT2D eigenvalue weighted by Gasteiger charge is -2.36. The van der Waals surface area contributed by atoms with Crippen molar-refractivity contribution in [1.82, 2.24) is 20.0 Å². The quantitative estimate of drug-likeness (QED) is 0.875. The number of hydrogen-bond donors (Lipinski definition) is 1. The van der Waals surface area contributed by atoms with Crippen LogP contribution >= 0.6 is 12.4 Å². The molecule has 2 aromatic heterocycles. The molecule has 0 amide bonds. The van der Waals surface area contributed by atoms with Gasteiger partial charge in [-0.25, -0.2) is 9.78 Å². The van der Waals surface area contributed by atoms with Gasteiger partial charge in [-0.2, -0.15) is 0 Å². The van der Waals surface area contributed by atoms with Crippen LogP contribution in [0.1, 0.15) is 32.1 Å². The van der Waals surface area contributed by atoms with E-state index in [0.29, 0.717) is 11.5 Å². The van der Waals surface area contributed by atoms with Crippen LogP contribution in [0.2, 0.25) is 0 Å². The molecule has 25 heavy (non-hydrogen) atoms. The van der Waals surface area contributed by atoms with Gasteiger partial charge in [0.05, 0.1) is 6.20 Å². The number of aromatic amines is 1. The van der Waals surface area contributed by atoms with Crippen LogP contribution in [0.15, 0.2) is 27.6 Å². The van der Waals surface area contributed by atoms with Crippen LogP contribution < -0.4 is 10.5 Å². The smallest absolute Gasteiger partial charge is 0.439 e. The van der Waals surface area contributed by atoms with Gasteiger partial charge in [0, 0.05) is 19.6 Å². The second kappa shape index (κ2) is 8.01. The third-order valence-corrected chi connectivity index (χ3v) is 5.00. The van der Waals surface area contributed by atoms with Gasteiger partial charge in [-0.15, -0.1) is 12.4 Å². The zero-order valence-electron chi connectivity index (χ0n) is 14.0. The highest BCUT2D eigenvalue weighted by Gasteiger charge is 2.25. The molecule has 0 spiro atoms. The molecule has 1 aliphatic heterocycles. The normalized spacial score (nSPS) is 19.2. The molecule has 8 heteroatoms. The predicted octanol–water partition coefficient (Wildman–Crippen LogP) is 2.49. The summed E-state index contributed by atoms with van der Waals surface area (Å²) in [6.07, 6.45) is 8.27. The Kier molecular flexibility index (Phi) is 5.75. The van der Waals surface area contributed by atoms with Crippen LogP contribution in [0.5, 0.6) is 5.75 Å². The summed E-state index contributed by atoms with van der Waals surface area (Å²) < 4.78 is 10.5. The van der Waals surface area contributed by atoms with Crippen LogP contribution in [0, 0.1) is 5.92 Å². The molecule has 7 nitrogen and oxygen atoms in total. The third-order valence-electron chi connectivity index (χ3n) is 5.00. The Labute approximate surface area is 152 Å². The SMILES string of the molecule is Cl.O=c1[nH]c(-c2ccc(OC3CCN(CC4CCC4)CC3)cn2)no1. The van der Waals surface area contributed by atoms with Crippen molar-refractivity contribution in [2.75, 3.05) is 19.6 Å². The van der Waals surface area contributed by atoms with Crippen LogP contribution in [0.3, 0.4) is 0 Å². The molecule has 0 radical (unpaired) electrons. The minimum atomic E-state index is -0.583. The zero-order valence-corrected chi connectivity index (χ0v) is 14.8. The number of piperidine rings is 1. The molecule has 0 bridgehead atoms. The molecule has 1 saturated heterocycles. The number of likely N-dealkylation sites (tertiary alicyclic amines) is 1. The van der Waals surface area contributed by atoms with E-state index in [1.54, 1.807) is 12.3 Å². The summed E-state index contributed by atoms with van der Waals surface area (Å²) in [6, 6.07) is 3.63. The minimum Gasteiger partial charge on any atom is -0.489 e. The number of hydrogen-bond acceptors (Lipinski definition) is 6. The number of nitrogens with zero attached hydrogens (tertiary/aromatic N) is 3. The molecular formula is C17H23ClN4O3. The van der Waals surface area contributed by atoms with Crippen molar-refractivity contribution in [2.24, 2.45) is 5.92 Å². The van der Waals surface area contributed by atoms with E-state index < -0.39 is 5.76 Å². The van der Waals surface area contributed by atoms with E-state index in [1.165, 1.54) is 25.8 Å². The van der Waals surface area contributed by atoms with Crippen molar-refractivity contribution in [3.05, 3.63) is 28.9 Å². The third kappa shape index (κ3) is 4.41. The number of aromatic nitrogens is 3. The average Bonchev–Trinajstić information content (AvgIpc) is 3.00. The van der Waals surface area contributed by atoms with Crippen LogP contribution in [-0.4, -0.2) is 45.8 Å². The van der Waals surface area contributed by atoms with E-state index in [4.69, 9.17) is 4.74 Å². The molecule has 2 fully saturated rings. The topological polar surface area (TPSA) is 84.3 Å². The number of rotatable bonds is 5. The summed E-state index contributed by atoms with van der Waals surface area (Å²) in [6.45, 7) is 3.50. The zero-order chi connectivity index (χ0) is 16.4. The lowest BCUT2D eigenvalue weighted by molar-refractivity contribution is 0.0802. The Morgan fingerprint density at radius 2 is 2.04 bits per heavy atom. The fraction of sp³-hybridized carbons (Fsp3) is 0.588. The summed E-state index contributed by atoms with van der Waals surface area (Å²) in [7, 11) is 0. The number of ether oxygens (including phenoxy) is 1. The molecular weight excluding hydrogens is 344 g/mol. The molecule has 0 unspecified atom stereocenters. The summed E-state index contributed by atoms with van der Waals surface area (Å²) in [5.74, 6) is 1.43. The molecule has 2 aromatic rings. The largest absolute Gasteiger partial charge is 0.489 e. The second-order valence-electron chi connectivity index (χ2n) is 6.74. The van der Waals surface area contributed by atoms with Crippen molar-refractivity contribution in [3.8, 4) is 17.3 Å². The summed E-state index contributed by atoms with van der Waals surface area (Å²) >= 11 is 0. The minimum absolute atomic E-state index is 0. The highest BCUT2D eigenvalue weighted by molar-refractivity contribution is 5.85. The molecule has 4 rings (SSSR count). The molecule has 136 valence electrons. The summed E-state index contributed by atoms with van der Waals surface area (Å²) in [5.41, 5.74) is 0.559. The van der Waals surface area contributed by atoms with E-state index in [-0.39, 0.29) is 18.5 Å². The molecule has 0 aromatic carbocycles. The van der Waals surface area contributed by atoms with Gasteiger partial charge < -0.3 is 9.64 Å². The Morgan fingerprint density at radius 3 is 2.60 bits per heavy atom. The molecule has 1 aliphatic carbocycles. The van der Waals surface area contributed by atoms with E-state index >= 15 is 0 Å². The maximum Gasteiger partial charge on any atom is 0.439 e. The first-order valence-corrected chi connectivity index (χ1v) is 8.68.